The third-order valence-electron chi connectivity index (χ3n) is 4.76. The van der Waals surface area contributed by atoms with Gasteiger partial charge >= 0.3 is 0 Å². The number of rotatable bonds is 1. The average molecular weight is 317 g/mol. The molecule has 4 rings (SSSR count). The van der Waals surface area contributed by atoms with Crippen LogP contribution in [-0.2, 0) is 0 Å². The number of hydrogen-bond donors (Lipinski definition) is 0. The summed E-state index contributed by atoms with van der Waals surface area (Å²) in [6, 6.07) is 15.3. The largest absolute Gasteiger partial charge is 0.237 e. The van der Waals surface area contributed by atoms with Crippen LogP contribution < -0.4 is 0 Å². The second-order valence-corrected chi connectivity index (χ2v) is 7.30. The van der Waals surface area contributed by atoms with E-state index in [2.05, 4.69) is 70.2 Å². The van der Waals surface area contributed by atoms with E-state index < -0.39 is 0 Å². The summed E-state index contributed by atoms with van der Waals surface area (Å²) >= 11 is 1.81. The molecule has 0 unspecified atom stereocenters. The summed E-state index contributed by atoms with van der Waals surface area (Å²) in [4.78, 5) is 6.13. The van der Waals surface area contributed by atoms with Crippen LogP contribution in [0.25, 0.3) is 31.6 Å². The smallest absolute Gasteiger partial charge is 0.125 e. The van der Waals surface area contributed by atoms with Crippen LogP contribution in [0.5, 0.6) is 0 Å². The molecule has 2 aromatic carbocycles. The van der Waals surface area contributed by atoms with Crippen molar-refractivity contribution in [1.29, 1.82) is 0 Å². The van der Waals surface area contributed by atoms with Crippen molar-refractivity contribution in [3.8, 4) is 11.3 Å². The Morgan fingerprint density at radius 2 is 1.43 bits per heavy atom. The molecule has 1 nitrogen and oxygen atoms in total. The van der Waals surface area contributed by atoms with E-state index in [1.165, 1.54) is 43.3 Å². The van der Waals surface area contributed by atoms with Crippen LogP contribution in [0, 0.1) is 27.7 Å². The first-order valence-corrected chi connectivity index (χ1v) is 8.74. The molecule has 2 aromatic heterocycles. The van der Waals surface area contributed by atoms with Gasteiger partial charge in [0.2, 0.25) is 0 Å². The van der Waals surface area contributed by atoms with Gasteiger partial charge in [-0.3, -0.25) is 0 Å². The number of benzene rings is 2. The minimum absolute atomic E-state index is 1.08. The van der Waals surface area contributed by atoms with Crippen molar-refractivity contribution in [2.45, 2.75) is 27.7 Å². The molecule has 4 aromatic rings. The van der Waals surface area contributed by atoms with Crippen LogP contribution in [0.2, 0.25) is 0 Å². The SMILES string of the molecule is Cc1cccc(C)c1-c1ccc2c(n1)sc1c(C)c(C)ccc12. The summed E-state index contributed by atoms with van der Waals surface area (Å²) in [7, 11) is 0. The quantitative estimate of drug-likeness (QED) is 0.398. The first kappa shape index (κ1) is 14.4. The van der Waals surface area contributed by atoms with Gasteiger partial charge in [0.15, 0.2) is 0 Å². The molecule has 0 aliphatic carbocycles. The van der Waals surface area contributed by atoms with Crippen LogP contribution in [0.4, 0.5) is 0 Å². The molecule has 0 radical (unpaired) electrons. The van der Waals surface area contributed by atoms with Gasteiger partial charge in [-0.25, -0.2) is 4.98 Å². The number of aryl methyl sites for hydroxylation is 4. The van der Waals surface area contributed by atoms with Gasteiger partial charge in [0, 0.05) is 21.0 Å². The third-order valence-corrected chi connectivity index (χ3v) is 6.00. The second-order valence-electron chi connectivity index (χ2n) is 6.30. The zero-order valence-electron chi connectivity index (χ0n) is 13.9. The zero-order valence-corrected chi connectivity index (χ0v) is 14.7. The minimum atomic E-state index is 1.08. The molecule has 0 aliphatic heterocycles. The molecule has 0 saturated carbocycles. The zero-order chi connectivity index (χ0) is 16.1. The molecular weight excluding hydrogens is 298 g/mol. The summed E-state index contributed by atoms with van der Waals surface area (Å²) in [6.45, 7) is 8.70. The predicted molar refractivity (Wildman–Crippen MR) is 102 cm³/mol. The standard InChI is InChI=1S/C21H19NS/c1-12-8-9-16-17-10-11-18(19-13(2)6-5-7-14(19)3)22-21(17)23-20(16)15(12)4/h5-11H,1-4H3. The molecule has 2 heterocycles. The third kappa shape index (κ3) is 2.17. The van der Waals surface area contributed by atoms with E-state index in [0.29, 0.717) is 0 Å². The summed E-state index contributed by atoms with van der Waals surface area (Å²) in [5.41, 5.74) is 7.63. The van der Waals surface area contributed by atoms with E-state index in [4.69, 9.17) is 4.98 Å². The number of pyridine rings is 1. The van der Waals surface area contributed by atoms with E-state index in [1.807, 2.05) is 11.3 Å². The van der Waals surface area contributed by atoms with Gasteiger partial charge in [-0.1, -0.05) is 30.3 Å². The van der Waals surface area contributed by atoms with Crippen LogP contribution in [0.3, 0.4) is 0 Å². The Hall–Kier alpha value is -2.19. The fourth-order valence-corrected chi connectivity index (χ4v) is 4.54. The van der Waals surface area contributed by atoms with Gasteiger partial charge in [0.05, 0.1) is 5.69 Å². The van der Waals surface area contributed by atoms with Crippen molar-refractivity contribution < 1.29 is 0 Å². The molecule has 0 bridgehead atoms. The topological polar surface area (TPSA) is 12.9 Å². The van der Waals surface area contributed by atoms with E-state index in [-0.39, 0.29) is 0 Å². The van der Waals surface area contributed by atoms with Crippen molar-refractivity contribution in [2.24, 2.45) is 0 Å². The maximum absolute atomic E-state index is 4.99. The van der Waals surface area contributed by atoms with Crippen molar-refractivity contribution in [3.05, 3.63) is 64.7 Å². The van der Waals surface area contributed by atoms with Crippen LogP contribution in [0.15, 0.2) is 42.5 Å². The monoisotopic (exact) mass is 317 g/mol. The van der Waals surface area contributed by atoms with Crippen molar-refractivity contribution in [2.75, 3.05) is 0 Å². The Kier molecular flexibility index (Phi) is 3.24. The van der Waals surface area contributed by atoms with Crippen LogP contribution in [0.1, 0.15) is 22.3 Å². The maximum atomic E-state index is 4.99. The molecular formula is C21H19NS. The summed E-state index contributed by atoms with van der Waals surface area (Å²) in [5.74, 6) is 0. The van der Waals surface area contributed by atoms with Crippen LogP contribution in [-0.4, -0.2) is 4.98 Å². The molecule has 23 heavy (non-hydrogen) atoms. The minimum Gasteiger partial charge on any atom is -0.237 e. The number of thiophene rings is 1. The van der Waals surface area contributed by atoms with Gasteiger partial charge in [-0.05, 0) is 62.1 Å². The molecule has 114 valence electrons. The lowest BCUT2D eigenvalue weighted by atomic mass is 9.99. The number of fused-ring (bicyclic) bond motifs is 3. The number of hydrogen-bond acceptors (Lipinski definition) is 2. The molecule has 2 heteroatoms. The Balaban J connectivity index is 2.02. The molecule has 0 N–H and O–H groups in total. The Bertz CT molecular complexity index is 1040. The highest BCUT2D eigenvalue weighted by molar-refractivity contribution is 7.25. The lowest BCUT2D eigenvalue weighted by Gasteiger charge is -2.08. The van der Waals surface area contributed by atoms with Crippen molar-refractivity contribution in [3.63, 3.8) is 0 Å². The van der Waals surface area contributed by atoms with Crippen molar-refractivity contribution in [1.82, 2.24) is 4.98 Å². The maximum Gasteiger partial charge on any atom is 0.125 e. The average Bonchev–Trinajstić information content (AvgIpc) is 2.89. The first-order valence-electron chi connectivity index (χ1n) is 7.92. The van der Waals surface area contributed by atoms with E-state index in [9.17, 15) is 0 Å². The molecule has 0 spiro atoms. The van der Waals surface area contributed by atoms with Crippen LogP contribution >= 0.6 is 11.3 Å². The number of nitrogens with zero attached hydrogens (tertiary/aromatic N) is 1. The molecule has 0 saturated heterocycles. The first-order chi connectivity index (χ1) is 11.1. The Labute approximate surface area is 140 Å². The fraction of sp³-hybridized carbons (Fsp3) is 0.190. The van der Waals surface area contributed by atoms with Gasteiger partial charge in [0.1, 0.15) is 4.83 Å². The molecule has 0 amide bonds. The van der Waals surface area contributed by atoms with E-state index >= 15 is 0 Å². The molecule has 0 fully saturated rings. The Morgan fingerprint density at radius 3 is 2.17 bits per heavy atom. The normalized spacial score (nSPS) is 11.5. The van der Waals surface area contributed by atoms with Crippen molar-refractivity contribution >= 4 is 31.6 Å². The lowest BCUT2D eigenvalue weighted by Crippen LogP contribution is -1.90. The second kappa shape index (κ2) is 5.17. The summed E-state index contributed by atoms with van der Waals surface area (Å²) in [6.07, 6.45) is 0. The van der Waals surface area contributed by atoms with E-state index in [1.54, 1.807) is 0 Å². The van der Waals surface area contributed by atoms with Gasteiger partial charge in [0.25, 0.3) is 0 Å². The highest BCUT2D eigenvalue weighted by Crippen LogP contribution is 2.37. The van der Waals surface area contributed by atoms with Gasteiger partial charge in [-0.2, -0.15) is 0 Å². The highest BCUT2D eigenvalue weighted by Gasteiger charge is 2.12. The Morgan fingerprint density at radius 1 is 0.739 bits per heavy atom. The summed E-state index contributed by atoms with van der Waals surface area (Å²) < 4.78 is 1.37. The van der Waals surface area contributed by atoms with E-state index in [0.717, 1.165) is 10.5 Å². The number of aromatic nitrogens is 1. The molecule has 0 atom stereocenters. The lowest BCUT2D eigenvalue weighted by molar-refractivity contribution is 1.33. The summed E-state index contributed by atoms with van der Waals surface area (Å²) in [5, 5.41) is 2.59. The van der Waals surface area contributed by atoms with Gasteiger partial charge < -0.3 is 0 Å². The predicted octanol–water partition coefficient (Wildman–Crippen LogP) is 6.35. The van der Waals surface area contributed by atoms with Gasteiger partial charge in [-0.15, -0.1) is 11.3 Å². The highest BCUT2D eigenvalue weighted by atomic mass is 32.1. The molecule has 0 aliphatic rings. The fourth-order valence-electron chi connectivity index (χ4n) is 3.31.